The fraction of sp³-hybridized carbons (Fsp3) is 0.409. The second-order valence-electron chi connectivity index (χ2n) is 6.78. The van der Waals surface area contributed by atoms with E-state index in [2.05, 4.69) is 22.4 Å². The predicted molar refractivity (Wildman–Crippen MR) is 117 cm³/mol. The van der Waals surface area contributed by atoms with E-state index >= 15 is 0 Å². The molecule has 0 saturated carbocycles. The molecule has 0 amide bonds. The molecule has 1 heterocycles. The lowest BCUT2D eigenvalue weighted by molar-refractivity contribution is 0.0850. The number of H-pyrrole nitrogens is 1. The molecule has 0 aliphatic carbocycles. The molecule has 1 aromatic heterocycles. The van der Waals surface area contributed by atoms with Crippen LogP contribution in [0.1, 0.15) is 17.5 Å². The summed E-state index contributed by atoms with van der Waals surface area (Å²) in [4.78, 5) is 14.1. The third-order valence-corrected chi connectivity index (χ3v) is 5.55. The highest BCUT2D eigenvalue weighted by Gasteiger charge is 2.09. The molecule has 0 aliphatic heterocycles. The van der Waals surface area contributed by atoms with Crippen LogP contribution in [0.25, 0.3) is 10.2 Å². The van der Waals surface area contributed by atoms with Gasteiger partial charge in [-0.25, -0.2) is 0 Å². The Morgan fingerprint density at radius 2 is 1.72 bits per heavy atom. The molecule has 29 heavy (non-hydrogen) atoms. The number of ether oxygens (including phenoxy) is 2. The predicted octanol–water partition coefficient (Wildman–Crippen LogP) is 3.09. The number of aromatic hydroxyl groups is 1. The third-order valence-electron chi connectivity index (χ3n) is 4.59. The van der Waals surface area contributed by atoms with Crippen molar-refractivity contribution in [1.82, 2.24) is 10.3 Å². The zero-order valence-corrected chi connectivity index (χ0v) is 17.3. The summed E-state index contributed by atoms with van der Waals surface area (Å²) in [6.07, 6.45) is 2.63. The van der Waals surface area contributed by atoms with Crippen LogP contribution in [0.5, 0.6) is 5.75 Å². The van der Waals surface area contributed by atoms with Crippen LogP contribution in [0, 0.1) is 0 Å². The average Bonchev–Trinajstić information content (AvgIpc) is 3.13. The highest BCUT2D eigenvalue weighted by atomic mass is 32.1. The van der Waals surface area contributed by atoms with Gasteiger partial charge in [0, 0.05) is 19.8 Å². The second-order valence-corrected chi connectivity index (χ2v) is 7.76. The molecule has 0 spiro atoms. The normalized spacial score (nSPS) is 11.3. The van der Waals surface area contributed by atoms with Crippen LogP contribution in [0.3, 0.4) is 0 Å². The van der Waals surface area contributed by atoms with Gasteiger partial charge in [-0.1, -0.05) is 47.7 Å². The smallest absolute Gasteiger partial charge is 0.305 e. The molecule has 0 unspecified atom stereocenters. The number of nitrogens with one attached hydrogen (secondary N) is 2. The Morgan fingerprint density at radius 3 is 2.55 bits per heavy atom. The average molecular weight is 417 g/mol. The Labute approximate surface area is 174 Å². The maximum atomic E-state index is 11.5. The maximum absolute atomic E-state index is 11.5. The van der Waals surface area contributed by atoms with Gasteiger partial charge in [0.15, 0.2) is 0 Å². The molecule has 3 rings (SSSR count). The van der Waals surface area contributed by atoms with E-state index in [1.165, 1.54) is 5.56 Å². The molecule has 6 nitrogen and oxygen atoms in total. The van der Waals surface area contributed by atoms with E-state index in [4.69, 9.17) is 9.47 Å². The van der Waals surface area contributed by atoms with Gasteiger partial charge in [-0.3, -0.25) is 4.79 Å². The number of aromatic nitrogens is 1. The summed E-state index contributed by atoms with van der Waals surface area (Å²) in [7, 11) is 0. The molecule has 0 bridgehead atoms. The number of phenolic OH excluding ortho intramolecular Hbond substituents is 1. The van der Waals surface area contributed by atoms with E-state index in [1.807, 2.05) is 24.3 Å². The molecular formula is C22H28N2O4S. The summed E-state index contributed by atoms with van der Waals surface area (Å²) < 4.78 is 12.1. The van der Waals surface area contributed by atoms with Crippen LogP contribution in [-0.2, 0) is 22.3 Å². The van der Waals surface area contributed by atoms with Crippen molar-refractivity contribution in [2.24, 2.45) is 0 Å². The Balaban J connectivity index is 1.19. The summed E-state index contributed by atoms with van der Waals surface area (Å²) in [5.74, 6) is 0.118. The first kappa shape index (κ1) is 21.5. The standard InChI is InChI=1S/C22H28N2O4S/c25-19-8-7-18(21-20(19)24-22(26)29-21)9-11-23-12-16-28-14-4-13-27-15-10-17-5-2-1-3-6-17/h1-3,5-8,23,25H,4,9-16H2,(H,24,26). The van der Waals surface area contributed by atoms with Gasteiger partial charge < -0.3 is 24.9 Å². The zero-order chi connectivity index (χ0) is 20.3. The number of aromatic amines is 1. The lowest BCUT2D eigenvalue weighted by atomic mass is 10.1. The van der Waals surface area contributed by atoms with Gasteiger partial charge in [0.05, 0.1) is 17.9 Å². The van der Waals surface area contributed by atoms with E-state index in [0.717, 1.165) is 67.2 Å². The number of phenols is 1. The van der Waals surface area contributed by atoms with Crippen LogP contribution < -0.4 is 10.2 Å². The van der Waals surface area contributed by atoms with Crippen LogP contribution in [-0.4, -0.2) is 49.6 Å². The lowest BCUT2D eigenvalue weighted by Gasteiger charge is -2.08. The van der Waals surface area contributed by atoms with Crippen molar-refractivity contribution in [1.29, 1.82) is 0 Å². The van der Waals surface area contributed by atoms with Gasteiger partial charge >= 0.3 is 4.87 Å². The highest BCUT2D eigenvalue weighted by Crippen LogP contribution is 2.27. The summed E-state index contributed by atoms with van der Waals surface area (Å²) in [6, 6.07) is 13.8. The van der Waals surface area contributed by atoms with Crippen LogP contribution in [0.2, 0.25) is 0 Å². The Bertz CT molecular complexity index is 923. The highest BCUT2D eigenvalue weighted by molar-refractivity contribution is 7.16. The van der Waals surface area contributed by atoms with E-state index in [1.54, 1.807) is 6.07 Å². The molecular weight excluding hydrogens is 388 g/mol. The first-order valence-electron chi connectivity index (χ1n) is 9.98. The number of benzene rings is 2. The van der Waals surface area contributed by atoms with Gasteiger partial charge in [0.25, 0.3) is 0 Å². The second kappa shape index (κ2) is 11.7. The number of hydrogen-bond acceptors (Lipinski definition) is 6. The molecule has 3 aromatic rings. The maximum Gasteiger partial charge on any atom is 0.305 e. The van der Waals surface area contributed by atoms with Crippen molar-refractivity contribution in [3.05, 3.63) is 63.3 Å². The third kappa shape index (κ3) is 6.97. The quantitative estimate of drug-likeness (QED) is 0.373. The van der Waals surface area contributed by atoms with Crippen molar-refractivity contribution in [2.75, 3.05) is 39.5 Å². The number of fused-ring (bicyclic) bond motifs is 1. The van der Waals surface area contributed by atoms with Crippen molar-refractivity contribution in [3.63, 3.8) is 0 Å². The summed E-state index contributed by atoms with van der Waals surface area (Å²) in [5, 5.41) is 13.2. The first-order chi connectivity index (χ1) is 14.2. The van der Waals surface area contributed by atoms with Crippen LogP contribution in [0.15, 0.2) is 47.3 Å². The van der Waals surface area contributed by atoms with Gasteiger partial charge in [-0.2, -0.15) is 0 Å². The van der Waals surface area contributed by atoms with Crippen molar-refractivity contribution >= 4 is 21.6 Å². The fourth-order valence-electron chi connectivity index (χ4n) is 3.06. The monoisotopic (exact) mass is 416 g/mol. The fourth-order valence-corrected chi connectivity index (χ4v) is 3.96. The Hall–Kier alpha value is -2.19. The molecule has 0 aliphatic rings. The topological polar surface area (TPSA) is 83.6 Å². The molecule has 0 atom stereocenters. The minimum Gasteiger partial charge on any atom is -0.506 e. The molecule has 7 heteroatoms. The molecule has 0 fully saturated rings. The van der Waals surface area contributed by atoms with Gasteiger partial charge in [-0.15, -0.1) is 0 Å². The zero-order valence-electron chi connectivity index (χ0n) is 16.5. The van der Waals surface area contributed by atoms with Crippen molar-refractivity contribution < 1.29 is 14.6 Å². The summed E-state index contributed by atoms with van der Waals surface area (Å²) in [5.41, 5.74) is 2.89. The Kier molecular flexibility index (Phi) is 8.70. The molecule has 3 N–H and O–H groups in total. The van der Waals surface area contributed by atoms with E-state index in [0.29, 0.717) is 18.7 Å². The summed E-state index contributed by atoms with van der Waals surface area (Å²) >= 11 is 1.14. The number of thiazole rings is 1. The van der Waals surface area contributed by atoms with Crippen LogP contribution in [0.4, 0.5) is 0 Å². The van der Waals surface area contributed by atoms with Gasteiger partial charge in [0.2, 0.25) is 0 Å². The Morgan fingerprint density at radius 1 is 0.931 bits per heavy atom. The molecule has 0 saturated heterocycles. The molecule has 156 valence electrons. The van der Waals surface area contributed by atoms with Gasteiger partial charge in [-0.05, 0) is 43.0 Å². The van der Waals surface area contributed by atoms with Gasteiger partial charge in [0.1, 0.15) is 11.3 Å². The SMILES string of the molecule is O=c1[nH]c2c(O)ccc(CCNCCOCCCOCCc3ccccc3)c2s1. The largest absolute Gasteiger partial charge is 0.506 e. The lowest BCUT2D eigenvalue weighted by Crippen LogP contribution is -2.22. The van der Waals surface area contributed by atoms with Crippen molar-refractivity contribution in [2.45, 2.75) is 19.3 Å². The molecule has 0 radical (unpaired) electrons. The van der Waals surface area contributed by atoms with Crippen LogP contribution >= 0.6 is 11.3 Å². The van der Waals surface area contributed by atoms with E-state index in [-0.39, 0.29) is 10.6 Å². The minimum absolute atomic E-state index is 0.118. The summed E-state index contributed by atoms with van der Waals surface area (Å²) in [6.45, 7) is 4.38. The van der Waals surface area contributed by atoms with E-state index in [9.17, 15) is 9.90 Å². The van der Waals surface area contributed by atoms with E-state index < -0.39 is 0 Å². The first-order valence-corrected chi connectivity index (χ1v) is 10.8. The molecule has 2 aromatic carbocycles. The minimum atomic E-state index is -0.145. The number of hydrogen-bond donors (Lipinski definition) is 3. The number of rotatable bonds is 13. The van der Waals surface area contributed by atoms with Crippen molar-refractivity contribution in [3.8, 4) is 5.75 Å².